The summed E-state index contributed by atoms with van der Waals surface area (Å²) in [6.07, 6.45) is 0. The molecule has 0 aliphatic carbocycles. The van der Waals surface area contributed by atoms with E-state index in [-0.39, 0.29) is 0 Å². The highest BCUT2D eigenvalue weighted by Gasteiger charge is 2.16. The minimum Gasteiger partial charge on any atom is -0.0616 e. The predicted octanol–water partition coefficient (Wildman–Crippen LogP) is 8.73. The van der Waals surface area contributed by atoms with Crippen molar-refractivity contribution in [2.24, 2.45) is 0 Å². The number of benzene rings is 6. The van der Waals surface area contributed by atoms with Gasteiger partial charge in [-0.1, -0.05) is 97.1 Å². The van der Waals surface area contributed by atoms with Gasteiger partial charge < -0.3 is 0 Å². The van der Waals surface area contributed by atoms with E-state index in [1.807, 2.05) is 0 Å². The molecule has 0 amide bonds. The lowest BCUT2D eigenvalue weighted by atomic mass is 9.87. The standard InChI is InChI=1S/C28H17Br/c29-28-24-15-7-5-13-22(24)27(23-14-6-8-16-25(23)28)26-17-18-9-1-2-10-19(18)20-11-3-4-12-21(20)26/h1-17H. The lowest BCUT2D eigenvalue weighted by Gasteiger charge is -2.17. The number of halogens is 1. The highest BCUT2D eigenvalue weighted by Crippen LogP contribution is 2.44. The Morgan fingerprint density at radius 1 is 0.414 bits per heavy atom. The van der Waals surface area contributed by atoms with Gasteiger partial charge in [0.05, 0.1) is 0 Å². The van der Waals surface area contributed by atoms with E-state index in [0.717, 1.165) is 4.47 Å². The zero-order chi connectivity index (χ0) is 19.4. The fourth-order valence-electron chi connectivity index (χ4n) is 4.63. The third-order valence-electron chi connectivity index (χ3n) is 5.90. The summed E-state index contributed by atoms with van der Waals surface area (Å²) in [4.78, 5) is 0. The normalized spacial score (nSPS) is 11.6. The zero-order valence-corrected chi connectivity index (χ0v) is 17.3. The van der Waals surface area contributed by atoms with Gasteiger partial charge in [0.15, 0.2) is 0 Å². The Kier molecular flexibility index (Phi) is 3.72. The molecule has 0 radical (unpaired) electrons. The van der Waals surface area contributed by atoms with E-state index < -0.39 is 0 Å². The molecule has 0 saturated carbocycles. The Morgan fingerprint density at radius 2 is 0.862 bits per heavy atom. The molecule has 29 heavy (non-hydrogen) atoms. The summed E-state index contributed by atoms with van der Waals surface area (Å²) in [5.74, 6) is 0. The van der Waals surface area contributed by atoms with Crippen LogP contribution in [0.15, 0.2) is 108 Å². The summed E-state index contributed by atoms with van der Waals surface area (Å²) in [7, 11) is 0. The Balaban J connectivity index is 1.91. The SMILES string of the molecule is Brc1c2ccccc2c(-c2cc3ccccc3c3ccccc23)c2ccccc12. The van der Waals surface area contributed by atoms with Crippen LogP contribution in [0.5, 0.6) is 0 Å². The van der Waals surface area contributed by atoms with Crippen molar-refractivity contribution in [3.05, 3.63) is 108 Å². The number of hydrogen-bond donors (Lipinski definition) is 0. The van der Waals surface area contributed by atoms with E-state index in [2.05, 4.69) is 119 Å². The van der Waals surface area contributed by atoms with Crippen molar-refractivity contribution >= 4 is 59.0 Å². The quantitative estimate of drug-likeness (QED) is 0.180. The average Bonchev–Trinajstić information content (AvgIpc) is 2.79. The maximum Gasteiger partial charge on any atom is 0.0332 e. The third-order valence-corrected chi connectivity index (χ3v) is 6.76. The topological polar surface area (TPSA) is 0 Å². The van der Waals surface area contributed by atoms with Gasteiger partial charge >= 0.3 is 0 Å². The van der Waals surface area contributed by atoms with Gasteiger partial charge in [-0.15, -0.1) is 0 Å². The van der Waals surface area contributed by atoms with Gasteiger partial charge in [-0.05, 0) is 76.2 Å². The van der Waals surface area contributed by atoms with Crippen molar-refractivity contribution in [2.45, 2.75) is 0 Å². The molecule has 0 aromatic heterocycles. The molecule has 0 fully saturated rings. The van der Waals surface area contributed by atoms with Gasteiger partial charge in [0.1, 0.15) is 0 Å². The van der Waals surface area contributed by atoms with Crippen LogP contribution >= 0.6 is 15.9 Å². The summed E-state index contributed by atoms with van der Waals surface area (Å²) in [6.45, 7) is 0. The van der Waals surface area contributed by atoms with Crippen molar-refractivity contribution in [1.29, 1.82) is 0 Å². The fraction of sp³-hybridized carbons (Fsp3) is 0. The minimum atomic E-state index is 1.16. The van der Waals surface area contributed by atoms with Crippen LogP contribution in [0.4, 0.5) is 0 Å². The summed E-state index contributed by atoms with van der Waals surface area (Å²) in [5, 5.41) is 10.2. The van der Waals surface area contributed by atoms with E-state index >= 15 is 0 Å². The van der Waals surface area contributed by atoms with E-state index in [0.29, 0.717) is 0 Å². The summed E-state index contributed by atoms with van der Waals surface area (Å²) in [6, 6.07) is 37.2. The molecule has 0 bridgehead atoms. The minimum absolute atomic E-state index is 1.16. The molecule has 0 saturated heterocycles. The van der Waals surface area contributed by atoms with Crippen LogP contribution in [0.3, 0.4) is 0 Å². The second kappa shape index (κ2) is 6.43. The number of fused-ring (bicyclic) bond motifs is 5. The second-order valence-electron chi connectivity index (χ2n) is 7.47. The highest BCUT2D eigenvalue weighted by molar-refractivity contribution is 9.10. The molecule has 0 spiro atoms. The maximum atomic E-state index is 3.88. The van der Waals surface area contributed by atoms with Crippen molar-refractivity contribution in [3.8, 4) is 11.1 Å². The fourth-order valence-corrected chi connectivity index (χ4v) is 5.32. The van der Waals surface area contributed by atoms with E-state index in [4.69, 9.17) is 0 Å². The maximum absolute atomic E-state index is 3.88. The van der Waals surface area contributed by atoms with Crippen LogP contribution in [0.25, 0.3) is 54.2 Å². The molecule has 0 nitrogen and oxygen atoms in total. The molecular weight excluding hydrogens is 416 g/mol. The van der Waals surface area contributed by atoms with Crippen LogP contribution in [-0.4, -0.2) is 0 Å². The van der Waals surface area contributed by atoms with Gasteiger partial charge in [-0.25, -0.2) is 0 Å². The van der Waals surface area contributed by atoms with Crippen LogP contribution in [0.1, 0.15) is 0 Å². The molecule has 0 atom stereocenters. The van der Waals surface area contributed by atoms with Gasteiger partial charge in [0.2, 0.25) is 0 Å². The molecule has 1 heteroatoms. The van der Waals surface area contributed by atoms with Crippen molar-refractivity contribution in [3.63, 3.8) is 0 Å². The lowest BCUT2D eigenvalue weighted by molar-refractivity contribution is 1.71. The van der Waals surface area contributed by atoms with Crippen LogP contribution < -0.4 is 0 Å². The Labute approximate surface area is 177 Å². The average molecular weight is 433 g/mol. The van der Waals surface area contributed by atoms with Gasteiger partial charge in [-0.2, -0.15) is 0 Å². The smallest absolute Gasteiger partial charge is 0.0332 e. The molecule has 0 heterocycles. The molecule has 0 aliphatic rings. The number of hydrogen-bond acceptors (Lipinski definition) is 0. The molecule has 0 N–H and O–H groups in total. The molecule has 0 aliphatic heterocycles. The molecule has 6 rings (SSSR count). The number of rotatable bonds is 1. The first-order chi connectivity index (χ1) is 14.3. The summed E-state index contributed by atoms with van der Waals surface area (Å²) < 4.78 is 1.16. The van der Waals surface area contributed by atoms with E-state index in [9.17, 15) is 0 Å². The van der Waals surface area contributed by atoms with E-state index in [1.54, 1.807) is 0 Å². The van der Waals surface area contributed by atoms with Crippen LogP contribution in [0.2, 0.25) is 0 Å². The van der Waals surface area contributed by atoms with Gasteiger partial charge in [-0.3, -0.25) is 0 Å². The first kappa shape index (κ1) is 16.8. The predicted molar refractivity (Wildman–Crippen MR) is 130 cm³/mol. The monoisotopic (exact) mass is 432 g/mol. The second-order valence-corrected chi connectivity index (χ2v) is 8.26. The molecule has 6 aromatic carbocycles. The van der Waals surface area contributed by atoms with Crippen LogP contribution in [-0.2, 0) is 0 Å². The molecule has 0 unspecified atom stereocenters. The Hall–Kier alpha value is -3.16. The van der Waals surface area contributed by atoms with Crippen LogP contribution in [0, 0.1) is 0 Å². The Morgan fingerprint density at radius 3 is 1.48 bits per heavy atom. The summed E-state index contributed by atoms with van der Waals surface area (Å²) >= 11 is 3.88. The third kappa shape index (κ3) is 2.44. The van der Waals surface area contributed by atoms with Crippen molar-refractivity contribution in [2.75, 3.05) is 0 Å². The van der Waals surface area contributed by atoms with Crippen molar-refractivity contribution < 1.29 is 0 Å². The molecular formula is C28H17Br. The first-order valence-electron chi connectivity index (χ1n) is 9.83. The Bertz CT molecular complexity index is 1500. The van der Waals surface area contributed by atoms with Gasteiger partial charge in [0.25, 0.3) is 0 Å². The lowest BCUT2D eigenvalue weighted by Crippen LogP contribution is -1.90. The summed E-state index contributed by atoms with van der Waals surface area (Å²) in [5.41, 5.74) is 2.60. The zero-order valence-electron chi connectivity index (χ0n) is 15.7. The molecule has 136 valence electrons. The first-order valence-corrected chi connectivity index (χ1v) is 10.6. The highest BCUT2D eigenvalue weighted by atomic mass is 79.9. The van der Waals surface area contributed by atoms with Crippen molar-refractivity contribution in [1.82, 2.24) is 0 Å². The van der Waals surface area contributed by atoms with E-state index in [1.165, 1.54) is 54.2 Å². The molecule has 6 aromatic rings. The largest absolute Gasteiger partial charge is 0.0616 e. The van der Waals surface area contributed by atoms with Gasteiger partial charge in [0, 0.05) is 4.47 Å².